The highest BCUT2D eigenvalue weighted by molar-refractivity contribution is 6.17. The van der Waals surface area contributed by atoms with Gasteiger partial charge in [0.05, 0.1) is 5.71 Å². The van der Waals surface area contributed by atoms with E-state index in [0.29, 0.717) is 5.89 Å². The summed E-state index contributed by atoms with van der Waals surface area (Å²) in [5.41, 5.74) is 10.4. The van der Waals surface area contributed by atoms with Crippen LogP contribution in [0.3, 0.4) is 0 Å². The summed E-state index contributed by atoms with van der Waals surface area (Å²) >= 11 is 0. The number of nitrogens with zero attached hydrogens (tertiary/aromatic N) is 2. The minimum atomic E-state index is -0.189. The molecule has 1 aliphatic rings. The zero-order chi connectivity index (χ0) is 27.2. The second-order valence-electron chi connectivity index (χ2n) is 10.3. The van der Waals surface area contributed by atoms with Crippen LogP contribution < -0.4 is 5.32 Å². The van der Waals surface area contributed by atoms with Gasteiger partial charge in [-0.1, -0.05) is 97.1 Å². The third-order valence-corrected chi connectivity index (χ3v) is 7.71. The van der Waals surface area contributed by atoms with Gasteiger partial charge < -0.3 is 9.73 Å². The number of aromatic nitrogens is 1. The molecule has 0 radical (unpaired) electrons. The molecule has 0 aliphatic carbocycles. The van der Waals surface area contributed by atoms with Crippen LogP contribution >= 0.6 is 0 Å². The molecule has 8 rings (SSSR count). The minimum Gasteiger partial charge on any atom is -0.435 e. The Morgan fingerprint density at radius 1 is 0.585 bits per heavy atom. The van der Waals surface area contributed by atoms with Crippen molar-refractivity contribution in [2.75, 3.05) is 5.32 Å². The van der Waals surface area contributed by atoms with Gasteiger partial charge in [0.15, 0.2) is 5.58 Å². The van der Waals surface area contributed by atoms with Crippen LogP contribution in [0, 0.1) is 0 Å². The van der Waals surface area contributed by atoms with Gasteiger partial charge in [-0.3, -0.25) is 4.99 Å². The van der Waals surface area contributed by atoms with E-state index in [4.69, 9.17) is 14.4 Å². The summed E-state index contributed by atoms with van der Waals surface area (Å²) in [5, 5.41) is 5.82. The Morgan fingerprint density at radius 3 is 2.17 bits per heavy atom. The van der Waals surface area contributed by atoms with Gasteiger partial charge in [0, 0.05) is 27.8 Å². The maximum absolute atomic E-state index is 6.25. The standard InChI is InChI=1S/C37H25N3O/c1-3-10-24(11-4-1)34-31-16-7-8-17-32(31)38-36(40-34)29-15-9-14-26(23-29)27-18-20-30-28(22-27)19-21-33-35(30)41-37(39-33)25-12-5-2-6-13-25/h1-23,36,38H. The molecule has 0 spiro atoms. The Labute approximate surface area is 237 Å². The lowest BCUT2D eigenvalue weighted by molar-refractivity contribution is 0.623. The first-order valence-electron chi connectivity index (χ1n) is 13.8. The molecule has 6 aromatic carbocycles. The molecule has 4 heteroatoms. The van der Waals surface area contributed by atoms with E-state index in [1.807, 2.05) is 42.5 Å². The summed E-state index contributed by atoms with van der Waals surface area (Å²) in [7, 11) is 0. The van der Waals surface area contributed by atoms with Gasteiger partial charge in [0.1, 0.15) is 11.7 Å². The summed E-state index contributed by atoms with van der Waals surface area (Å²) < 4.78 is 6.25. The van der Waals surface area contributed by atoms with E-state index in [9.17, 15) is 0 Å². The zero-order valence-electron chi connectivity index (χ0n) is 22.2. The first kappa shape index (κ1) is 23.4. The lowest BCUT2D eigenvalue weighted by atomic mass is 9.96. The number of nitrogens with one attached hydrogen (secondary N) is 1. The molecular weight excluding hydrogens is 502 g/mol. The quantitative estimate of drug-likeness (QED) is 0.248. The number of para-hydroxylation sites is 1. The number of oxazole rings is 1. The molecule has 1 aromatic heterocycles. The maximum Gasteiger partial charge on any atom is 0.227 e. The van der Waals surface area contributed by atoms with Gasteiger partial charge in [-0.05, 0) is 64.5 Å². The topological polar surface area (TPSA) is 50.4 Å². The fraction of sp³-hybridized carbons (Fsp3) is 0.0270. The van der Waals surface area contributed by atoms with Crippen molar-refractivity contribution < 1.29 is 4.42 Å². The zero-order valence-corrected chi connectivity index (χ0v) is 22.2. The summed E-state index contributed by atoms with van der Waals surface area (Å²) in [6.07, 6.45) is -0.189. The van der Waals surface area contributed by atoms with Crippen LogP contribution in [0.2, 0.25) is 0 Å². The molecule has 194 valence electrons. The smallest absolute Gasteiger partial charge is 0.227 e. The van der Waals surface area contributed by atoms with Crippen LogP contribution in [0.4, 0.5) is 5.69 Å². The number of aliphatic imine (C=N–C) groups is 1. The van der Waals surface area contributed by atoms with Crippen molar-refractivity contribution in [3.8, 4) is 22.6 Å². The van der Waals surface area contributed by atoms with Crippen molar-refractivity contribution in [1.82, 2.24) is 4.98 Å². The van der Waals surface area contributed by atoms with Crippen LogP contribution in [0.15, 0.2) is 149 Å². The van der Waals surface area contributed by atoms with Crippen LogP contribution in [-0.2, 0) is 0 Å². The van der Waals surface area contributed by atoms with Crippen molar-refractivity contribution >= 4 is 33.3 Å². The summed E-state index contributed by atoms with van der Waals surface area (Å²) in [6.45, 7) is 0. The van der Waals surface area contributed by atoms with Gasteiger partial charge in [0.2, 0.25) is 5.89 Å². The van der Waals surface area contributed by atoms with Crippen molar-refractivity contribution in [1.29, 1.82) is 0 Å². The van der Waals surface area contributed by atoms with Crippen LogP contribution in [0.25, 0.3) is 44.5 Å². The minimum absolute atomic E-state index is 0.189. The summed E-state index contributed by atoms with van der Waals surface area (Å²) in [5.74, 6) is 0.641. The molecule has 2 heterocycles. The SMILES string of the molecule is c1ccc(C2=NC(c3cccc(-c4ccc5c(ccc6nc(-c7ccccc7)oc65)c4)c3)Nc3ccccc32)cc1. The number of rotatable bonds is 4. The highest BCUT2D eigenvalue weighted by atomic mass is 16.3. The van der Waals surface area contributed by atoms with Crippen molar-refractivity contribution in [2.24, 2.45) is 4.99 Å². The lowest BCUT2D eigenvalue weighted by Crippen LogP contribution is -2.20. The second-order valence-corrected chi connectivity index (χ2v) is 10.3. The van der Waals surface area contributed by atoms with Crippen molar-refractivity contribution in [3.63, 3.8) is 0 Å². The second kappa shape index (κ2) is 9.61. The van der Waals surface area contributed by atoms with Gasteiger partial charge in [-0.2, -0.15) is 0 Å². The lowest BCUT2D eigenvalue weighted by Gasteiger charge is -2.26. The van der Waals surface area contributed by atoms with Gasteiger partial charge in [-0.15, -0.1) is 0 Å². The number of fused-ring (bicyclic) bond motifs is 4. The Balaban J connectivity index is 1.17. The fourth-order valence-corrected chi connectivity index (χ4v) is 5.66. The van der Waals surface area contributed by atoms with Gasteiger partial charge >= 0.3 is 0 Å². The van der Waals surface area contributed by atoms with E-state index in [-0.39, 0.29) is 6.17 Å². The molecule has 0 amide bonds. The predicted octanol–water partition coefficient (Wildman–Crippen LogP) is 9.28. The van der Waals surface area contributed by atoms with Crippen LogP contribution in [0.5, 0.6) is 0 Å². The van der Waals surface area contributed by atoms with E-state index < -0.39 is 0 Å². The normalized spacial score (nSPS) is 14.4. The first-order chi connectivity index (χ1) is 20.3. The molecule has 7 aromatic rings. The fourth-order valence-electron chi connectivity index (χ4n) is 5.66. The van der Waals surface area contributed by atoms with Gasteiger partial charge in [-0.25, -0.2) is 4.98 Å². The van der Waals surface area contributed by atoms with E-state index in [0.717, 1.165) is 66.7 Å². The third-order valence-electron chi connectivity index (χ3n) is 7.71. The summed E-state index contributed by atoms with van der Waals surface area (Å²) in [4.78, 5) is 9.93. The molecule has 1 aliphatic heterocycles. The maximum atomic E-state index is 6.25. The van der Waals surface area contributed by atoms with E-state index in [1.54, 1.807) is 0 Å². The molecular formula is C37H25N3O. The van der Waals surface area contributed by atoms with Crippen molar-refractivity contribution in [3.05, 3.63) is 156 Å². The molecule has 1 atom stereocenters. The number of anilines is 1. The molecule has 1 N–H and O–H groups in total. The molecule has 0 saturated heterocycles. The molecule has 1 unspecified atom stereocenters. The predicted molar refractivity (Wildman–Crippen MR) is 167 cm³/mol. The number of hydrogen-bond acceptors (Lipinski definition) is 4. The van der Waals surface area contributed by atoms with Gasteiger partial charge in [0.25, 0.3) is 0 Å². The van der Waals surface area contributed by atoms with Crippen molar-refractivity contribution in [2.45, 2.75) is 6.17 Å². The Morgan fingerprint density at radius 2 is 1.32 bits per heavy atom. The highest BCUT2D eigenvalue weighted by Gasteiger charge is 2.22. The first-order valence-corrected chi connectivity index (χ1v) is 13.8. The molecule has 0 saturated carbocycles. The molecule has 0 bridgehead atoms. The molecule has 0 fully saturated rings. The Bertz CT molecular complexity index is 2080. The van der Waals surface area contributed by atoms with E-state index >= 15 is 0 Å². The third kappa shape index (κ3) is 4.17. The molecule has 41 heavy (non-hydrogen) atoms. The van der Waals surface area contributed by atoms with Crippen LogP contribution in [0.1, 0.15) is 22.9 Å². The number of hydrogen-bond donors (Lipinski definition) is 1. The largest absolute Gasteiger partial charge is 0.435 e. The average Bonchev–Trinajstić information content (AvgIpc) is 3.50. The Hall–Kier alpha value is -5.48. The van der Waals surface area contributed by atoms with E-state index in [2.05, 4.69) is 102 Å². The molecule has 4 nitrogen and oxygen atoms in total. The average molecular weight is 528 g/mol. The van der Waals surface area contributed by atoms with Crippen LogP contribution in [-0.4, -0.2) is 10.7 Å². The summed E-state index contributed by atoms with van der Waals surface area (Å²) in [6, 6.07) is 48.2. The monoisotopic (exact) mass is 527 g/mol. The van der Waals surface area contributed by atoms with E-state index in [1.165, 1.54) is 0 Å². The number of benzene rings is 6. The highest BCUT2D eigenvalue weighted by Crippen LogP contribution is 2.35. The Kier molecular flexibility index (Phi) is 5.49.